The molecule has 0 saturated heterocycles. The Morgan fingerprint density at radius 3 is 2.35 bits per heavy atom. The van der Waals surface area contributed by atoms with Crippen LogP contribution in [-0.2, 0) is 0 Å². The van der Waals surface area contributed by atoms with Crippen LogP contribution in [0.25, 0.3) is 0 Å². The van der Waals surface area contributed by atoms with Crippen LogP contribution in [0.1, 0.15) is 44.6 Å². The maximum Gasteiger partial charge on any atom is 0.119 e. The highest BCUT2D eigenvalue weighted by atomic mass is 32.1. The van der Waals surface area contributed by atoms with Crippen molar-refractivity contribution >= 4 is 29.0 Å². The Morgan fingerprint density at radius 1 is 1.12 bits per heavy atom. The van der Waals surface area contributed by atoms with E-state index >= 15 is 0 Å². The van der Waals surface area contributed by atoms with Gasteiger partial charge in [-0.15, -0.1) is 12.6 Å². The van der Waals surface area contributed by atoms with Gasteiger partial charge in [-0.05, 0) is 36.2 Å². The summed E-state index contributed by atoms with van der Waals surface area (Å²) in [6.45, 7) is 3.03. The standard InChI is InChI=1S/C14H20OS2/c1-2-3-4-5-6-11-15-13-9-7-12(8-10-13)14(16)17/h7-10H,2-6,11H2,1H3,(H,16,17). The first-order chi connectivity index (χ1) is 8.24. The van der Waals surface area contributed by atoms with Crippen molar-refractivity contribution < 1.29 is 4.74 Å². The first-order valence-electron chi connectivity index (χ1n) is 6.20. The number of hydrogen-bond donors (Lipinski definition) is 1. The summed E-state index contributed by atoms with van der Waals surface area (Å²) in [5, 5.41) is 0. The molecule has 0 N–H and O–H groups in total. The Hall–Kier alpha value is -0.540. The highest BCUT2D eigenvalue weighted by Gasteiger charge is 1.97. The minimum absolute atomic E-state index is 0.621. The lowest BCUT2D eigenvalue weighted by Gasteiger charge is -2.06. The summed E-state index contributed by atoms with van der Waals surface area (Å²) in [5.41, 5.74) is 0.971. The lowest BCUT2D eigenvalue weighted by molar-refractivity contribution is 0.304. The van der Waals surface area contributed by atoms with Crippen LogP contribution < -0.4 is 4.74 Å². The van der Waals surface area contributed by atoms with Gasteiger partial charge in [0.05, 0.1) is 10.8 Å². The zero-order chi connectivity index (χ0) is 12.5. The third-order valence-corrected chi connectivity index (χ3v) is 3.11. The van der Waals surface area contributed by atoms with Crippen LogP contribution in [0.5, 0.6) is 5.75 Å². The quantitative estimate of drug-likeness (QED) is 0.418. The fraction of sp³-hybridized carbons (Fsp3) is 0.500. The van der Waals surface area contributed by atoms with E-state index in [1.54, 1.807) is 0 Å². The summed E-state index contributed by atoms with van der Waals surface area (Å²) in [5.74, 6) is 0.911. The Morgan fingerprint density at radius 2 is 1.76 bits per heavy atom. The van der Waals surface area contributed by atoms with Gasteiger partial charge >= 0.3 is 0 Å². The van der Waals surface area contributed by atoms with Gasteiger partial charge < -0.3 is 4.74 Å². The second kappa shape index (κ2) is 8.54. The number of benzene rings is 1. The minimum Gasteiger partial charge on any atom is -0.494 e. The van der Waals surface area contributed by atoms with Crippen LogP contribution in [0.2, 0.25) is 0 Å². The summed E-state index contributed by atoms with van der Waals surface area (Å²) in [6, 6.07) is 7.79. The van der Waals surface area contributed by atoms with E-state index in [4.69, 9.17) is 17.0 Å². The zero-order valence-corrected chi connectivity index (χ0v) is 12.0. The molecular weight excluding hydrogens is 248 g/mol. The summed E-state index contributed by atoms with van der Waals surface area (Å²) in [6.07, 6.45) is 6.31. The predicted molar refractivity (Wildman–Crippen MR) is 81.4 cm³/mol. The van der Waals surface area contributed by atoms with Gasteiger partial charge in [0.15, 0.2) is 0 Å². The minimum atomic E-state index is 0.621. The van der Waals surface area contributed by atoms with Crippen LogP contribution in [0.3, 0.4) is 0 Å². The van der Waals surface area contributed by atoms with E-state index in [1.165, 1.54) is 25.7 Å². The van der Waals surface area contributed by atoms with E-state index in [-0.39, 0.29) is 0 Å². The molecule has 0 spiro atoms. The molecule has 0 unspecified atom stereocenters. The van der Waals surface area contributed by atoms with Crippen molar-refractivity contribution in [3.8, 4) is 5.75 Å². The molecule has 17 heavy (non-hydrogen) atoms. The molecule has 1 nitrogen and oxygen atoms in total. The highest BCUT2D eigenvalue weighted by molar-refractivity contribution is 8.11. The van der Waals surface area contributed by atoms with E-state index in [0.717, 1.165) is 24.3 Å². The smallest absolute Gasteiger partial charge is 0.119 e. The van der Waals surface area contributed by atoms with Crippen molar-refractivity contribution in [1.82, 2.24) is 0 Å². The van der Waals surface area contributed by atoms with Crippen molar-refractivity contribution in [2.75, 3.05) is 6.61 Å². The lowest BCUT2D eigenvalue weighted by Crippen LogP contribution is -1.97. The van der Waals surface area contributed by atoms with Gasteiger partial charge in [-0.2, -0.15) is 0 Å². The number of unbranched alkanes of at least 4 members (excludes halogenated alkanes) is 4. The number of thiocarbonyl (C=S) groups is 1. The van der Waals surface area contributed by atoms with E-state index in [1.807, 2.05) is 24.3 Å². The third-order valence-electron chi connectivity index (χ3n) is 2.62. The van der Waals surface area contributed by atoms with Gasteiger partial charge in [-0.3, -0.25) is 0 Å². The molecule has 0 aromatic heterocycles. The molecule has 0 aliphatic carbocycles. The molecule has 0 atom stereocenters. The molecule has 1 aromatic carbocycles. The predicted octanol–water partition coefficient (Wildman–Crippen LogP) is 4.64. The van der Waals surface area contributed by atoms with Crippen LogP contribution in [0.4, 0.5) is 0 Å². The molecule has 0 bridgehead atoms. The van der Waals surface area contributed by atoms with Gasteiger partial charge in [0, 0.05) is 0 Å². The monoisotopic (exact) mass is 268 g/mol. The van der Waals surface area contributed by atoms with Crippen molar-refractivity contribution in [3.63, 3.8) is 0 Å². The molecule has 0 aliphatic heterocycles. The summed E-state index contributed by atoms with van der Waals surface area (Å²) in [4.78, 5) is 0. The Bertz CT molecular complexity index is 333. The summed E-state index contributed by atoms with van der Waals surface area (Å²) < 4.78 is 6.27. The van der Waals surface area contributed by atoms with Gasteiger partial charge in [-0.25, -0.2) is 0 Å². The summed E-state index contributed by atoms with van der Waals surface area (Å²) in [7, 11) is 0. The molecule has 0 heterocycles. The molecule has 1 rings (SSSR count). The van der Waals surface area contributed by atoms with E-state index in [0.29, 0.717) is 4.20 Å². The Kier molecular flexibility index (Phi) is 7.29. The molecule has 0 fully saturated rings. The maximum absolute atomic E-state index is 5.65. The van der Waals surface area contributed by atoms with Crippen LogP contribution in [0, 0.1) is 0 Å². The normalized spacial score (nSPS) is 10.2. The number of ether oxygens (including phenoxy) is 1. The van der Waals surface area contributed by atoms with E-state index in [2.05, 4.69) is 19.6 Å². The molecule has 0 aliphatic rings. The molecule has 94 valence electrons. The molecule has 1 aromatic rings. The SMILES string of the molecule is CCCCCCCOc1ccc(C(=S)S)cc1. The van der Waals surface area contributed by atoms with Gasteiger partial charge in [0.2, 0.25) is 0 Å². The first kappa shape index (κ1) is 14.5. The molecule has 3 heteroatoms. The molecule has 0 amide bonds. The maximum atomic E-state index is 5.65. The van der Waals surface area contributed by atoms with Crippen LogP contribution >= 0.6 is 24.8 Å². The average molecular weight is 268 g/mol. The molecular formula is C14H20OS2. The average Bonchev–Trinajstić information content (AvgIpc) is 2.34. The van der Waals surface area contributed by atoms with Gasteiger partial charge in [0.1, 0.15) is 5.75 Å². The van der Waals surface area contributed by atoms with Crippen molar-refractivity contribution in [2.24, 2.45) is 0 Å². The second-order valence-corrected chi connectivity index (χ2v) is 5.25. The molecule has 0 radical (unpaired) electrons. The number of thiol groups is 1. The number of rotatable bonds is 8. The van der Waals surface area contributed by atoms with Crippen LogP contribution in [-0.4, -0.2) is 10.8 Å². The van der Waals surface area contributed by atoms with Gasteiger partial charge in [0.25, 0.3) is 0 Å². The lowest BCUT2D eigenvalue weighted by atomic mass is 10.2. The Balaban J connectivity index is 2.21. The fourth-order valence-corrected chi connectivity index (χ4v) is 1.87. The second-order valence-electron chi connectivity index (χ2n) is 4.09. The summed E-state index contributed by atoms with van der Waals surface area (Å²) >= 11 is 9.11. The first-order valence-corrected chi connectivity index (χ1v) is 7.05. The highest BCUT2D eigenvalue weighted by Crippen LogP contribution is 2.14. The number of hydrogen-bond acceptors (Lipinski definition) is 2. The Labute approximate surface area is 115 Å². The third kappa shape index (κ3) is 6.08. The van der Waals surface area contributed by atoms with E-state index in [9.17, 15) is 0 Å². The van der Waals surface area contributed by atoms with E-state index < -0.39 is 0 Å². The topological polar surface area (TPSA) is 9.23 Å². The fourth-order valence-electron chi connectivity index (χ4n) is 1.59. The molecule has 0 saturated carbocycles. The van der Waals surface area contributed by atoms with Crippen LogP contribution in [0.15, 0.2) is 24.3 Å². The van der Waals surface area contributed by atoms with Gasteiger partial charge in [-0.1, -0.05) is 44.8 Å². The zero-order valence-electron chi connectivity index (χ0n) is 10.3. The largest absolute Gasteiger partial charge is 0.494 e. The van der Waals surface area contributed by atoms with Crippen molar-refractivity contribution in [1.29, 1.82) is 0 Å². The van der Waals surface area contributed by atoms with Crippen molar-refractivity contribution in [2.45, 2.75) is 39.0 Å². The van der Waals surface area contributed by atoms with Crippen molar-refractivity contribution in [3.05, 3.63) is 29.8 Å².